The van der Waals surface area contributed by atoms with E-state index in [1.54, 1.807) is 26.8 Å². The van der Waals surface area contributed by atoms with Crippen molar-refractivity contribution in [3.8, 4) is 11.5 Å². The van der Waals surface area contributed by atoms with E-state index >= 15 is 4.39 Å². The number of carbonyl (C=O) groups excluding carboxylic acids is 1. The number of rotatable bonds is 7. The maximum Gasteiger partial charge on any atom is 0.573 e. The van der Waals surface area contributed by atoms with Crippen molar-refractivity contribution < 1.29 is 36.6 Å². The predicted molar refractivity (Wildman–Crippen MR) is 138 cm³/mol. The highest BCUT2D eigenvalue weighted by molar-refractivity contribution is 6.30. The molecule has 212 valence electrons. The van der Waals surface area contributed by atoms with Crippen molar-refractivity contribution in [2.75, 3.05) is 0 Å². The van der Waals surface area contributed by atoms with Crippen LogP contribution >= 0.6 is 11.6 Å². The quantitative estimate of drug-likeness (QED) is 0.252. The molecule has 3 fully saturated rings. The van der Waals surface area contributed by atoms with Gasteiger partial charge < -0.3 is 14.2 Å². The van der Waals surface area contributed by atoms with Gasteiger partial charge in [-0.3, -0.25) is 4.90 Å². The van der Waals surface area contributed by atoms with Crippen molar-refractivity contribution >= 4 is 17.6 Å². The van der Waals surface area contributed by atoms with Crippen LogP contribution in [0.25, 0.3) is 0 Å². The van der Waals surface area contributed by atoms with Crippen molar-refractivity contribution in [1.29, 1.82) is 0 Å². The van der Waals surface area contributed by atoms with Crippen LogP contribution in [0.3, 0.4) is 0 Å². The number of hydrogen-bond donors (Lipinski definition) is 0. The van der Waals surface area contributed by atoms with E-state index in [0.29, 0.717) is 25.3 Å². The highest BCUT2D eigenvalue weighted by Crippen LogP contribution is 2.45. The van der Waals surface area contributed by atoms with Gasteiger partial charge in [-0.1, -0.05) is 11.6 Å². The summed E-state index contributed by atoms with van der Waals surface area (Å²) in [6.07, 6.45) is 0.301. The van der Waals surface area contributed by atoms with Gasteiger partial charge in [0.2, 0.25) is 0 Å². The molecular weight excluding hydrogens is 538 g/mol. The van der Waals surface area contributed by atoms with Crippen LogP contribution in [-0.4, -0.2) is 41.0 Å². The number of carbonyl (C=O) groups is 1. The molecule has 2 aliphatic heterocycles. The maximum atomic E-state index is 15.1. The summed E-state index contributed by atoms with van der Waals surface area (Å²) < 4.78 is 68.7. The molecule has 2 atom stereocenters. The number of benzene rings is 2. The summed E-state index contributed by atoms with van der Waals surface area (Å²) >= 11 is 6.00. The normalized spacial score (nSPS) is 23.5. The van der Waals surface area contributed by atoms with Crippen LogP contribution in [0.5, 0.6) is 11.5 Å². The summed E-state index contributed by atoms with van der Waals surface area (Å²) in [4.78, 5) is 15.0. The molecule has 1 aliphatic carbocycles. The first-order chi connectivity index (χ1) is 18.2. The number of alkyl halides is 3. The zero-order valence-electron chi connectivity index (χ0n) is 22.1. The van der Waals surface area contributed by atoms with Crippen molar-refractivity contribution in [2.24, 2.45) is 0 Å². The van der Waals surface area contributed by atoms with Gasteiger partial charge in [0.05, 0.1) is 5.56 Å². The van der Waals surface area contributed by atoms with Crippen LogP contribution in [0.4, 0.5) is 17.6 Å². The highest BCUT2D eigenvalue weighted by Gasteiger charge is 2.42. The Labute approximate surface area is 230 Å². The first-order valence-electron chi connectivity index (χ1n) is 13.3. The Morgan fingerprint density at radius 1 is 0.974 bits per heavy atom. The van der Waals surface area contributed by atoms with Gasteiger partial charge in [0.25, 0.3) is 0 Å². The van der Waals surface area contributed by atoms with Crippen molar-refractivity contribution in [3.63, 3.8) is 0 Å². The zero-order chi connectivity index (χ0) is 28.1. The number of fused-ring (bicyclic) bond motifs is 2. The van der Waals surface area contributed by atoms with E-state index in [4.69, 9.17) is 21.1 Å². The lowest BCUT2D eigenvalue weighted by Gasteiger charge is -2.39. The lowest BCUT2D eigenvalue weighted by molar-refractivity contribution is -0.274. The van der Waals surface area contributed by atoms with Gasteiger partial charge in [-0.05, 0) is 101 Å². The molecule has 0 N–H and O–H groups in total. The molecule has 39 heavy (non-hydrogen) atoms. The van der Waals surface area contributed by atoms with E-state index < -0.39 is 29.5 Å². The van der Waals surface area contributed by atoms with E-state index in [0.717, 1.165) is 42.9 Å². The van der Waals surface area contributed by atoms with Crippen LogP contribution in [-0.2, 0) is 11.3 Å². The fourth-order valence-corrected chi connectivity index (χ4v) is 6.01. The number of hydrogen-bond acceptors (Lipinski definition) is 5. The summed E-state index contributed by atoms with van der Waals surface area (Å²) in [5.74, 6) is -1.11. The average molecular weight is 570 g/mol. The summed E-state index contributed by atoms with van der Waals surface area (Å²) in [5.41, 5.74) is 1.15. The predicted octanol–water partition coefficient (Wildman–Crippen LogP) is 7.78. The Bertz CT molecular complexity index is 1230. The number of piperidine rings is 1. The van der Waals surface area contributed by atoms with E-state index in [1.165, 1.54) is 18.2 Å². The van der Waals surface area contributed by atoms with Crippen LogP contribution in [0.2, 0.25) is 5.02 Å². The molecule has 0 spiro atoms. The second-order valence-corrected chi connectivity index (χ2v) is 12.2. The molecule has 2 aromatic rings. The van der Waals surface area contributed by atoms with E-state index in [2.05, 4.69) is 9.64 Å². The Hall–Kier alpha value is -2.52. The third-order valence-electron chi connectivity index (χ3n) is 7.44. The lowest BCUT2D eigenvalue weighted by atomic mass is 9.95. The van der Waals surface area contributed by atoms with Gasteiger partial charge in [0, 0.05) is 29.7 Å². The topological polar surface area (TPSA) is 48.0 Å². The van der Waals surface area contributed by atoms with Gasteiger partial charge >= 0.3 is 12.3 Å². The number of esters is 1. The van der Waals surface area contributed by atoms with Crippen LogP contribution in [0.1, 0.15) is 86.7 Å². The molecule has 2 aromatic carbocycles. The minimum atomic E-state index is -4.82. The Morgan fingerprint density at radius 2 is 1.62 bits per heavy atom. The molecule has 2 unspecified atom stereocenters. The number of ether oxygens (including phenoxy) is 3. The lowest BCUT2D eigenvalue weighted by Crippen LogP contribution is -2.45. The van der Waals surface area contributed by atoms with Gasteiger partial charge in [-0.15, -0.1) is 13.2 Å². The molecular formula is C29H32ClF4NO4. The largest absolute Gasteiger partial charge is 0.573 e. The van der Waals surface area contributed by atoms with Crippen molar-refractivity contribution in [1.82, 2.24) is 4.90 Å². The smallest absolute Gasteiger partial charge is 0.490 e. The molecule has 1 saturated carbocycles. The highest BCUT2D eigenvalue weighted by atomic mass is 35.5. The number of nitrogens with zero attached hydrogens (tertiary/aromatic N) is 1. The number of halogens is 5. The fourth-order valence-electron chi connectivity index (χ4n) is 5.80. The Morgan fingerprint density at radius 3 is 2.21 bits per heavy atom. The minimum Gasteiger partial charge on any atom is -0.490 e. The average Bonchev–Trinajstić information content (AvgIpc) is 3.58. The maximum absolute atomic E-state index is 15.1. The fraction of sp³-hybridized carbons (Fsp3) is 0.552. The van der Waals surface area contributed by atoms with Gasteiger partial charge in [0.15, 0.2) is 0 Å². The molecule has 2 bridgehead atoms. The van der Waals surface area contributed by atoms with Gasteiger partial charge in [-0.2, -0.15) is 0 Å². The zero-order valence-corrected chi connectivity index (χ0v) is 22.9. The first kappa shape index (κ1) is 28.0. The van der Waals surface area contributed by atoms with Gasteiger partial charge in [-0.25, -0.2) is 9.18 Å². The van der Waals surface area contributed by atoms with E-state index in [-0.39, 0.29) is 34.5 Å². The second-order valence-electron chi connectivity index (χ2n) is 11.7. The first-order valence-corrected chi connectivity index (χ1v) is 13.7. The molecule has 2 heterocycles. The summed E-state index contributed by atoms with van der Waals surface area (Å²) in [6.45, 7) is 5.83. The van der Waals surface area contributed by atoms with E-state index in [1.807, 2.05) is 0 Å². The third-order valence-corrected chi connectivity index (χ3v) is 7.66. The van der Waals surface area contributed by atoms with Crippen LogP contribution < -0.4 is 9.47 Å². The molecule has 0 radical (unpaired) electrons. The molecule has 5 nitrogen and oxygen atoms in total. The minimum absolute atomic E-state index is 0.0268. The summed E-state index contributed by atoms with van der Waals surface area (Å²) in [6, 6.07) is 7.33. The van der Waals surface area contributed by atoms with Crippen molar-refractivity contribution in [3.05, 3.63) is 57.9 Å². The van der Waals surface area contributed by atoms with Crippen LogP contribution in [0, 0.1) is 5.82 Å². The molecule has 5 rings (SSSR count). The molecule has 2 saturated heterocycles. The standard InChI is InChI=1S/C29H32ClF4NO4/c1-28(2,3)39-27(36)25-14-24(16-4-5-16)17(8-26(25)31)15-35-19-6-7-20(35)12-22(11-19)37-21-9-18(30)10-23(13-21)38-29(32,33)34/h8-10,13-14,16,19-20,22H,4-7,11-12,15H2,1-3H3. The monoisotopic (exact) mass is 569 g/mol. The van der Waals surface area contributed by atoms with Crippen molar-refractivity contribution in [2.45, 2.75) is 102 Å². The molecule has 0 amide bonds. The Balaban J connectivity index is 1.29. The third kappa shape index (κ3) is 6.98. The van der Waals surface area contributed by atoms with Crippen LogP contribution in [0.15, 0.2) is 30.3 Å². The molecule has 3 aliphatic rings. The van der Waals surface area contributed by atoms with E-state index in [9.17, 15) is 18.0 Å². The molecule has 10 heteroatoms. The summed E-state index contributed by atoms with van der Waals surface area (Å²) in [5, 5.41) is 0.0941. The molecule has 0 aromatic heterocycles. The second kappa shape index (κ2) is 10.5. The Kier molecular flexibility index (Phi) is 7.52. The SMILES string of the molecule is CC(C)(C)OC(=O)c1cc(C2CC2)c(CN2C3CCC2CC(Oc2cc(Cl)cc(OC(F)(F)F)c2)C3)cc1F. The summed E-state index contributed by atoms with van der Waals surface area (Å²) in [7, 11) is 0. The van der Waals surface area contributed by atoms with Gasteiger partial charge in [0.1, 0.15) is 29.0 Å².